The standard InChI is InChI=1S/C21H27N3O2/c1-16-21(25)24(19-6-8-20(26-2)9-7-19)13-12-23(16)15-18-5-3-4-17(14-18)10-11-22/h3-9,14,16H,10-13,15,22H2,1-2H3/t16-/m0/s1. The van der Waals surface area contributed by atoms with E-state index in [1.54, 1.807) is 7.11 Å². The smallest absolute Gasteiger partial charge is 0.244 e. The highest BCUT2D eigenvalue weighted by Crippen LogP contribution is 2.24. The largest absolute Gasteiger partial charge is 0.497 e. The van der Waals surface area contributed by atoms with E-state index in [-0.39, 0.29) is 11.9 Å². The summed E-state index contributed by atoms with van der Waals surface area (Å²) in [4.78, 5) is 17.0. The third-order valence-corrected chi connectivity index (χ3v) is 4.98. The van der Waals surface area contributed by atoms with Crippen molar-refractivity contribution in [1.82, 2.24) is 4.90 Å². The molecule has 1 aliphatic heterocycles. The second-order valence-electron chi connectivity index (χ2n) is 6.69. The molecule has 0 radical (unpaired) electrons. The summed E-state index contributed by atoms with van der Waals surface area (Å²) >= 11 is 0. The fourth-order valence-corrected chi connectivity index (χ4v) is 3.43. The van der Waals surface area contributed by atoms with E-state index in [0.717, 1.165) is 30.9 Å². The van der Waals surface area contributed by atoms with Crippen LogP contribution in [0.15, 0.2) is 48.5 Å². The summed E-state index contributed by atoms with van der Waals surface area (Å²) in [5, 5.41) is 0. The fourth-order valence-electron chi connectivity index (χ4n) is 3.43. The van der Waals surface area contributed by atoms with Crippen LogP contribution in [0.5, 0.6) is 5.75 Å². The molecule has 0 aromatic heterocycles. The normalized spacial score (nSPS) is 18.2. The van der Waals surface area contributed by atoms with Crippen LogP contribution in [0.25, 0.3) is 0 Å². The Balaban J connectivity index is 1.68. The number of nitrogens with two attached hydrogens (primary N) is 1. The summed E-state index contributed by atoms with van der Waals surface area (Å²) in [7, 11) is 1.64. The van der Waals surface area contributed by atoms with Gasteiger partial charge in [-0.3, -0.25) is 9.69 Å². The molecule has 5 heteroatoms. The maximum atomic E-state index is 12.9. The third kappa shape index (κ3) is 4.06. The lowest BCUT2D eigenvalue weighted by Gasteiger charge is -2.39. The van der Waals surface area contributed by atoms with E-state index < -0.39 is 0 Å². The quantitative estimate of drug-likeness (QED) is 0.867. The lowest BCUT2D eigenvalue weighted by atomic mass is 10.1. The van der Waals surface area contributed by atoms with Gasteiger partial charge < -0.3 is 15.4 Å². The molecule has 1 amide bonds. The molecule has 0 bridgehead atoms. The van der Waals surface area contributed by atoms with Crippen molar-refractivity contribution < 1.29 is 9.53 Å². The van der Waals surface area contributed by atoms with Gasteiger partial charge in [0.1, 0.15) is 5.75 Å². The number of anilines is 1. The van der Waals surface area contributed by atoms with E-state index in [0.29, 0.717) is 13.1 Å². The van der Waals surface area contributed by atoms with Crippen LogP contribution in [0.2, 0.25) is 0 Å². The van der Waals surface area contributed by atoms with Gasteiger partial charge in [-0.1, -0.05) is 24.3 Å². The molecule has 2 aromatic rings. The van der Waals surface area contributed by atoms with Crippen LogP contribution in [0.4, 0.5) is 5.69 Å². The predicted molar refractivity (Wildman–Crippen MR) is 104 cm³/mol. The molecule has 0 unspecified atom stereocenters. The number of hydrogen-bond donors (Lipinski definition) is 1. The van der Waals surface area contributed by atoms with Gasteiger partial charge in [-0.15, -0.1) is 0 Å². The Bertz CT molecular complexity index is 745. The zero-order chi connectivity index (χ0) is 18.5. The minimum atomic E-state index is -0.149. The van der Waals surface area contributed by atoms with E-state index in [1.165, 1.54) is 11.1 Å². The van der Waals surface area contributed by atoms with E-state index in [1.807, 2.05) is 36.1 Å². The Kier molecular flexibility index (Phi) is 5.91. The van der Waals surface area contributed by atoms with E-state index in [9.17, 15) is 4.79 Å². The number of methoxy groups -OCH3 is 1. The molecule has 0 spiro atoms. The van der Waals surface area contributed by atoms with Crippen molar-refractivity contribution in [3.05, 3.63) is 59.7 Å². The minimum absolute atomic E-state index is 0.138. The number of rotatable bonds is 6. The number of ether oxygens (including phenoxy) is 1. The Hall–Kier alpha value is -2.37. The summed E-state index contributed by atoms with van der Waals surface area (Å²) in [6, 6.07) is 16.0. The minimum Gasteiger partial charge on any atom is -0.497 e. The molecule has 1 aliphatic rings. The number of piperazine rings is 1. The van der Waals surface area contributed by atoms with E-state index >= 15 is 0 Å². The number of benzene rings is 2. The van der Waals surface area contributed by atoms with Crippen molar-refractivity contribution >= 4 is 11.6 Å². The fraction of sp³-hybridized carbons (Fsp3) is 0.381. The third-order valence-electron chi connectivity index (χ3n) is 4.98. The second-order valence-corrected chi connectivity index (χ2v) is 6.69. The predicted octanol–water partition coefficient (Wildman–Crippen LogP) is 2.43. The maximum Gasteiger partial charge on any atom is 0.244 e. The maximum absolute atomic E-state index is 12.9. The van der Waals surface area contributed by atoms with Crippen LogP contribution in [0.1, 0.15) is 18.1 Å². The molecule has 2 aromatic carbocycles. The monoisotopic (exact) mass is 353 g/mol. The molecule has 0 saturated carbocycles. The van der Waals surface area contributed by atoms with Gasteiger partial charge in [0.05, 0.1) is 13.2 Å². The van der Waals surface area contributed by atoms with Gasteiger partial charge in [-0.05, 0) is 55.3 Å². The molecule has 3 rings (SSSR count). The molecule has 2 N–H and O–H groups in total. The number of nitrogens with zero attached hydrogens (tertiary/aromatic N) is 2. The van der Waals surface area contributed by atoms with Crippen LogP contribution in [0, 0.1) is 0 Å². The SMILES string of the molecule is COc1ccc(N2CCN(Cc3cccc(CCN)c3)[C@@H](C)C2=O)cc1. The Labute approximate surface area is 155 Å². The zero-order valence-corrected chi connectivity index (χ0v) is 15.5. The highest BCUT2D eigenvalue weighted by atomic mass is 16.5. The first-order chi connectivity index (χ1) is 12.6. The van der Waals surface area contributed by atoms with E-state index in [2.05, 4.69) is 29.2 Å². The molecule has 1 fully saturated rings. The van der Waals surface area contributed by atoms with Crippen LogP contribution in [0.3, 0.4) is 0 Å². The summed E-state index contributed by atoms with van der Waals surface area (Å²) < 4.78 is 5.20. The molecule has 0 aliphatic carbocycles. The van der Waals surface area contributed by atoms with Gasteiger partial charge >= 0.3 is 0 Å². The molecular formula is C21H27N3O2. The van der Waals surface area contributed by atoms with Crippen LogP contribution < -0.4 is 15.4 Å². The van der Waals surface area contributed by atoms with Gasteiger partial charge in [0.2, 0.25) is 5.91 Å². The lowest BCUT2D eigenvalue weighted by molar-refractivity contribution is -0.125. The van der Waals surface area contributed by atoms with Gasteiger partial charge in [-0.25, -0.2) is 0 Å². The summed E-state index contributed by atoms with van der Waals surface area (Å²) in [5.41, 5.74) is 9.06. The van der Waals surface area contributed by atoms with Crippen molar-refractivity contribution in [2.75, 3.05) is 31.6 Å². The van der Waals surface area contributed by atoms with Crippen LogP contribution in [-0.2, 0) is 17.8 Å². The van der Waals surface area contributed by atoms with Crippen molar-refractivity contribution in [1.29, 1.82) is 0 Å². The molecule has 138 valence electrons. The van der Waals surface area contributed by atoms with Crippen molar-refractivity contribution in [2.45, 2.75) is 25.9 Å². The van der Waals surface area contributed by atoms with Crippen LogP contribution >= 0.6 is 0 Å². The molecule has 5 nitrogen and oxygen atoms in total. The number of hydrogen-bond acceptors (Lipinski definition) is 4. The zero-order valence-electron chi connectivity index (χ0n) is 15.5. The highest BCUT2D eigenvalue weighted by Gasteiger charge is 2.32. The van der Waals surface area contributed by atoms with Crippen LogP contribution in [-0.4, -0.2) is 43.6 Å². The number of amides is 1. The molecule has 1 atom stereocenters. The van der Waals surface area contributed by atoms with Gasteiger partial charge in [-0.2, -0.15) is 0 Å². The van der Waals surface area contributed by atoms with Crippen molar-refractivity contribution in [3.8, 4) is 5.75 Å². The molecule has 1 saturated heterocycles. The first kappa shape index (κ1) is 18.4. The Morgan fingerprint density at radius 3 is 2.54 bits per heavy atom. The second kappa shape index (κ2) is 8.34. The summed E-state index contributed by atoms with van der Waals surface area (Å²) in [6.07, 6.45) is 0.883. The van der Waals surface area contributed by atoms with Crippen molar-refractivity contribution in [3.63, 3.8) is 0 Å². The van der Waals surface area contributed by atoms with Gasteiger partial charge in [0, 0.05) is 25.3 Å². The summed E-state index contributed by atoms with van der Waals surface area (Å²) in [5.74, 6) is 0.935. The average molecular weight is 353 g/mol. The Morgan fingerprint density at radius 2 is 1.85 bits per heavy atom. The molecule has 26 heavy (non-hydrogen) atoms. The lowest BCUT2D eigenvalue weighted by Crippen LogP contribution is -2.55. The van der Waals surface area contributed by atoms with Gasteiger partial charge in [0.25, 0.3) is 0 Å². The van der Waals surface area contributed by atoms with Crippen molar-refractivity contribution in [2.24, 2.45) is 5.73 Å². The average Bonchev–Trinajstić information content (AvgIpc) is 2.66. The first-order valence-corrected chi connectivity index (χ1v) is 9.09. The number of carbonyl (C=O) groups excluding carboxylic acids is 1. The molecular weight excluding hydrogens is 326 g/mol. The first-order valence-electron chi connectivity index (χ1n) is 9.09. The van der Waals surface area contributed by atoms with Gasteiger partial charge in [0.15, 0.2) is 0 Å². The highest BCUT2D eigenvalue weighted by molar-refractivity contribution is 5.97. The van der Waals surface area contributed by atoms with E-state index in [4.69, 9.17) is 10.5 Å². The molecule has 1 heterocycles. The Morgan fingerprint density at radius 1 is 1.12 bits per heavy atom. The summed E-state index contributed by atoms with van der Waals surface area (Å²) in [6.45, 7) is 4.96. The topological polar surface area (TPSA) is 58.8 Å². The number of carbonyl (C=O) groups is 1.